The van der Waals surface area contributed by atoms with Crippen molar-refractivity contribution in [1.82, 2.24) is 4.98 Å². The predicted molar refractivity (Wildman–Crippen MR) is 98.1 cm³/mol. The maximum atomic E-state index is 13.3. The van der Waals surface area contributed by atoms with E-state index in [1.165, 1.54) is 6.07 Å². The van der Waals surface area contributed by atoms with Crippen molar-refractivity contribution < 1.29 is 13.2 Å². The summed E-state index contributed by atoms with van der Waals surface area (Å²) in [6.07, 6.45) is -0.352. The number of halogens is 3. The van der Waals surface area contributed by atoms with E-state index in [0.717, 1.165) is 49.1 Å². The fourth-order valence-corrected chi connectivity index (χ4v) is 3.97. The van der Waals surface area contributed by atoms with Crippen LogP contribution in [0.3, 0.4) is 0 Å². The maximum absolute atomic E-state index is 13.3. The number of fused-ring (bicyclic) bond motifs is 1. The van der Waals surface area contributed by atoms with E-state index in [4.69, 9.17) is 0 Å². The van der Waals surface area contributed by atoms with E-state index < -0.39 is 11.7 Å². The number of aromatic nitrogens is 1. The number of alkyl halides is 3. The molecule has 136 valence electrons. The van der Waals surface area contributed by atoms with E-state index in [0.29, 0.717) is 22.0 Å². The lowest BCUT2D eigenvalue weighted by molar-refractivity contribution is -0.137. The number of pyridine rings is 1. The van der Waals surface area contributed by atoms with Crippen molar-refractivity contribution >= 4 is 10.9 Å². The van der Waals surface area contributed by atoms with Gasteiger partial charge in [-0.05, 0) is 36.6 Å². The van der Waals surface area contributed by atoms with Crippen LogP contribution < -0.4 is 0 Å². The van der Waals surface area contributed by atoms with Crippen LogP contribution in [0.5, 0.6) is 0 Å². The van der Waals surface area contributed by atoms with Crippen molar-refractivity contribution in [2.75, 3.05) is 0 Å². The van der Waals surface area contributed by atoms with Crippen molar-refractivity contribution in [3.05, 3.63) is 65.4 Å². The summed E-state index contributed by atoms with van der Waals surface area (Å²) >= 11 is 0. The molecule has 0 bridgehead atoms. The Bertz CT molecular complexity index is 1030. The molecule has 1 aliphatic rings. The first-order chi connectivity index (χ1) is 13.0. The molecule has 5 heteroatoms. The minimum absolute atomic E-state index is 0.189. The number of hydrogen-bond donors (Lipinski definition) is 0. The molecule has 27 heavy (non-hydrogen) atoms. The summed E-state index contributed by atoms with van der Waals surface area (Å²) < 4.78 is 39.8. The summed E-state index contributed by atoms with van der Waals surface area (Å²) in [5.74, 6) is 0.189. The Hall–Kier alpha value is -2.87. The van der Waals surface area contributed by atoms with Crippen LogP contribution >= 0.6 is 0 Å². The molecule has 1 heterocycles. The molecule has 0 unspecified atom stereocenters. The highest BCUT2D eigenvalue weighted by atomic mass is 19.4. The Labute approximate surface area is 155 Å². The Kier molecular flexibility index (Phi) is 4.35. The summed E-state index contributed by atoms with van der Waals surface area (Å²) in [6, 6.07) is 15.0. The van der Waals surface area contributed by atoms with Gasteiger partial charge in [-0.15, -0.1) is 0 Å². The third kappa shape index (κ3) is 3.16. The molecule has 0 saturated heterocycles. The summed E-state index contributed by atoms with van der Waals surface area (Å²) in [6.45, 7) is 0. The minimum Gasteiger partial charge on any atom is -0.251 e. The van der Waals surface area contributed by atoms with E-state index in [9.17, 15) is 18.4 Å². The lowest BCUT2D eigenvalue weighted by atomic mass is 9.89. The standard InChI is InChI=1S/C22H17F3N2/c23-22(24,25)16-10-11-19-17(12-16)20(14-6-2-1-3-7-14)18(13-26)21(27-19)15-8-4-5-9-15/h1-3,6-7,10-12,15H,4-5,8-9H2. The van der Waals surface area contributed by atoms with Crippen molar-refractivity contribution in [2.45, 2.75) is 37.8 Å². The van der Waals surface area contributed by atoms with Crippen LogP contribution in [0.15, 0.2) is 48.5 Å². The van der Waals surface area contributed by atoms with Crippen LogP contribution in [0.1, 0.15) is 48.4 Å². The normalized spacial score (nSPS) is 15.2. The number of nitriles is 1. The quantitative estimate of drug-likeness (QED) is 0.522. The van der Waals surface area contributed by atoms with Crippen LogP contribution in [-0.2, 0) is 6.18 Å². The number of rotatable bonds is 2. The molecular weight excluding hydrogens is 349 g/mol. The zero-order valence-corrected chi connectivity index (χ0v) is 14.6. The second-order valence-corrected chi connectivity index (χ2v) is 6.94. The fraction of sp³-hybridized carbons (Fsp3) is 0.273. The average molecular weight is 366 g/mol. The van der Waals surface area contributed by atoms with Crippen molar-refractivity contribution in [3.63, 3.8) is 0 Å². The molecule has 0 N–H and O–H groups in total. The van der Waals surface area contributed by atoms with Crippen molar-refractivity contribution in [2.24, 2.45) is 0 Å². The molecule has 1 saturated carbocycles. The molecule has 0 aliphatic heterocycles. The van der Waals surface area contributed by atoms with Gasteiger partial charge in [0, 0.05) is 16.9 Å². The van der Waals surface area contributed by atoms with Gasteiger partial charge in [0.05, 0.1) is 22.3 Å². The summed E-state index contributed by atoms with van der Waals surface area (Å²) in [4.78, 5) is 4.65. The molecular formula is C22H17F3N2. The molecule has 0 atom stereocenters. The summed E-state index contributed by atoms with van der Waals surface area (Å²) in [7, 11) is 0. The van der Waals surface area contributed by atoms with E-state index in [2.05, 4.69) is 11.1 Å². The highest BCUT2D eigenvalue weighted by molar-refractivity contribution is 5.98. The van der Waals surface area contributed by atoms with Crippen LogP contribution in [-0.4, -0.2) is 4.98 Å². The van der Waals surface area contributed by atoms with E-state index >= 15 is 0 Å². The van der Waals surface area contributed by atoms with Crippen LogP contribution in [0.4, 0.5) is 13.2 Å². The van der Waals surface area contributed by atoms with Gasteiger partial charge in [0.25, 0.3) is 0 Å². The fourth-order valence-electron chi connectivity index (χ4n) is 3.97. The highest BCUT2D eigenvalue weighted by Crippen LogP contribution is 2.42. The lowest BCUT2D eigenvalue weighted by Gasteiger charge is -2.18. The molecule has 0 radical (unpaired) electrons. The van der Waals surface area contributed by atoms with E-state index in [1.807, 2.05) is 30.3 Å². The lowest BCUT2D eigenvalue weighted by Crippen LogP contribution is -2.07. The highest BCUT2D eigenvalue weighted by Gasteiger charge is 2.32. The zero-order valence-electron chi connectivity index (χ0n) is 14.6. The van der Waals surface area contributed by atoms with Crippen LogP contribution in [0.2, 0.25) is 0 Å². The largest absolute Gasteiger partial charge is 0.416 e. The third-order valence-electron chi connectivity index (χ3n) is 5.26. The smallest absolute Gasteiger partial charge is 0.251 e. The van der Waals surface area contributed by atoms with E-state index in [-0.39, 0.29) is 5.92 Å². The molecule has 0 amide bonds. The Balaban J connectivity index is 2.07. The molecule has 2 nitrogen and oxygen atoms in total. The Morgan fingerprint density at radius 2 is 1.70 bits per heavy atom. The monoisotopic (exact) mass is 366 g/mol. The Morgan fingerprint density at radius 1 is 1.00 bits per heavy atom. The molecule has 1 aliphatic carbocycles. The first kappa shape index (κ1) is 17.5. The van der Waals surface area contributed by atoms with Gasteiger partial charge in [0.1, 0.15) is 6.07 Å². The van der Waals surface area contributed by atoms with Gasteiger partial charge in [0.15, 0.2) is 0 Å². The molecule has 2 aromatic carbocycles. The second kappa shape index (κ2) is 6.70. The maximum Gasteiger partial charge on any atom is 0.416 e. The first-order valence-corrected chi connectivity index (χ1v) is 8.99. The van der Waals surface area contributed by atoms with Crippen LogP contribution in [0.25, 0.3) is 22.0 Å². The molecule has 1 fully saturated rings. The van der Waals surface area contributed by atoms with E-state index in [1.54, 1.807) is 0 Å². The molecule has 3 aromatic rings. The number of benzene rings is 2. The van der Waals surface area contributed by atoms with Gasteiger partial charge in [-0.2, -0.15) is 18.4 Å². The zero-order chi connectivity index (χ0) is 19.0. The average Bonchev–Trinajstić information content (AvgIpc) is 3.20. The summed E-state index contributed by atoms with van der Waals surface area (Å²) in [5, 5.41) is 10.3. The van der Waals surface area contributed by atoms with Crippen LogP contribution in [0, 0.1) is 11.3 Å². The van der Waals surface area contributed by atoms with Gasteiger partial charge < -0.3 is 0 Å². The van der Waals surface area contributed by atoms with Gasteiger partial charge in [-0.1, -0.05) is 43.2 Å². The minimum atomic E-state index is -4.45. The van der Waals surface area contributed by atoms with Crippen molar-refractivity contribution in [1.29, 1.82) is 5.26 Å². The van der Waals surface area contributed by atoms with Gasteiger partial charge in [-0.3, -0.25) is 4.98 Å². The molecule has 4 rings (SSSR count). The third-order valence-corrected chi connectivity index (χ3v) is 5.26. The Morgan fingerprint density at radius 3 is 2.33 bits per heavy atom. The van der Waals surface area contributed by atoms with Gasteiger partial charge in [0.2, 0.25) is 0 Å². The predicted octanol–water partition coefficient (Wildman–Crippen LogP) is 6.45. The number of hydrogen-bond acceptors (Lipinski definition) is 2. The first-order valence-electron chi connectivity index (χ1n) is 8.99. The van der Waals surface area contributed by atoms with Gasteiger partial charge in [-0.25, -0.2) is 0 Å². The number of nitrogens with zero attached hydrogens (tertiary/aromatic N) is 2. The molecule has 1 aromatic heterocycles. The van der Waals surface area contributed by atoms with Crippen molar-refractivity contribution in [3.8, 4) is 17.2 Å². The second-order valence-electron chi connectivity index (χ2n) is 6.94. The summed E-state index contributed by atoms with van der Waals surface area (Å²) in [5.41, 5.74) is 2.19. The molecule has 0 spiro atoms. The SMILES string of the molecule is N#Cc1c(C2CCCC2)nc2ccc(C(F)(F)F)cc2c1-c1ccccc1. The van der Waals surface area contributed by atoms with Gasteiger partial charge >= 0.3 is 6.18 Å². The topological polar surface area (TPSA) is 36.7 Å².